The first kappa shape index (κ1) is 15.1. The maximum Gasteiger partial charge on any atom is 0.220 e. The Labute approximate surface area is 127 Å². The van der Waals surface area contributed by atoms with E-state index in [4.69, 9.17) is 26.8 Å². The van der Waals surface area contributed by atoms with E-state index < -0.39 is 0 Å². The second-order valence-corrected chi connectivity index (χ2v) is 4.33. The second kappa shape index (κ2) is 6.90. The zero-order chi connectivity index (χ0) is 15.2. The van der Waals surface area contributed by atoms with E-state index in [2.05, 4.69) is 15.0 Å². The minimum Gasteiger partial charge on any atom is -0.481 e. The highest BCUT2D eigenvalue weighted by Crippen LogP contribution is 2.24. The van der Waals surface area contributed by atoms with E-state index in [1.807, 2.05) is 24.3 Å². The number of ether oxygens (including phenoxy) is 2. The number of hydrogen-bond acceptors (Lipinski definition) is 5. The molecular weight excluding hydrogens is 292 g/mol. The number of benzene rings is 1. The molecule has 7 heteroatoms. The minimum atomic E-state index is 0.192. The van der Waals surface area contributed by atoms with Crippen LogP contribution in [0.15, 0.2) is 35.3 Å². The van der Waals surface area contributed by atoms with E-state index in [0.29, 0.717) is 29.1 Å². The SMILES string of the molecule is COc1cc(OC)nc(-c2ccc(N=C(N)CCl)cc2)n1. The van der Waals surface area contributed by atoms with Gasteiger partial charge in [0.1, 0.15) is 5.84 Å². The number of hydrogen-bond donors (Lipinski definition) is 1. The lowest BCUT2D eigenvalue weighted by Gasteiger charge is -2.06. The quantitative estimate of drug-likeness (QED) is 0.521. The number of aromatic nitrogens is 2. The summed E-state index contributed by atoms with van der Waals surface area (Å²) in [4.78, 5) is 12.7. The molecule has 0 unspecified atom stereocenters. The Morgan fingerprint density at radius 1 is 1.14 bits per heavy atom. The molecule has 0 bridgehead atoms. The van der Waals surface area contributed by atoms with Crippen LogP contribution in [0.3, 0.4) is 0 Å². The molecular formula is C14H15ClN4O2. The van der Waals surface area contributed by atoms with Crippen molar-refractivity contribution in [2.75, 3.05) is 20.1 Å². The van der Waals surface area contributed by atoms with Gasteiger partial charge in [-0.15, -0.1) is 11.6 Å². The molecule has 0 aliphatic carbocycles. The van der Waals surface area contributed by atoms with Gasteiger partial charge in [-0.05, 0) is 24.3 Å². The van der Waals surface area contributed by atoms with Crippen LogP contribution in [0.5, 0.6) is 11.8 Å². The van der Waals surface area contributed by atoms with Crippen LogP contribution in [0.4, 0.5) is 5.69 Å². The third kappa shape index (κ3) is 3.82. The summed E-state index contributed by atoms with van der Waals surface area (Å²) in [6.07, 6.45) is 0. The normalized spacial score (nSPS) is 11.3. The third-order valence-electron chi connectivity index (χ3n) is 2.63. The van der Waals surface area contributed by atoms with E-state index >= 15 is 0 Å². The van der Waals surface area contributed by atoms with Crippen LogP contribution in [0, 0.1) is 0 Å². The average molecular weight is 307 g/mol. The minimum absolute atomic E-state index is 0.192. The lowest BCUT2D eigenvalue weighted by molar-refractivity contribution is 0.372. The summed E-state index contributed by atoms with van der Waals surface area (Å²) in [5.41, 5.74) is 7.12. The number of methoxy groups -OCH3 is 2. The van der Waals surface area contributed by atoms with Gasteiger partial charge in [-0.3, -0.25) is 0 Å². The number of alkyl halides is 1. The van der Waals surface area contributed by atoms with Gasteiger partial charge >= 0.3 is 0 Å². The summed E-state index contributed by atoms with van der Waals surface area (Å²) >= 11 is 5.59. The van der Waals surface area contributed by atoms with Crippen LogP contribution in [-0.4, -0.2) is 35.9 Å². The predicted molar refractivity (Wildman–Crippen MR) is 82.6 cm³/mol. The molecule has 2 aromatic rings. The van der Waals surface area contributed by atoms with Gasteiger partial charge in [-0.25, -0.2) is 4.99 Å². The molecule has 1 heterocycles. The number of aliphatic imine (C=N–C) groups is 1. The van der Waals surface area contributed by atoms with Crippen molar-refractivity contribution in [3.63, 3.8) is 0 Å². The second-order valence-electron chi connectivity index (χ2n) is 4.06. The molecule has 1 aromatic carbocycles. The molecule has 0 aliphatic heterocycles. The molecule has 0 radical (unpaired) electrons. The molecule has 0 saturated carbocycles. The van der Waals surface area contributed by atoms with Crippen molar-refractivity contribution in [1.82, 2.24) is 9.97 Å². The zero-order valence-electron chi connectivity index (χ0n) is 11.7. The molecule has 6 nitrogen and oxygen atoms in total. The van der Waals surface area contributed by atoms with Crippen LogP contribution < -0.4 is 15.2 Å². The van der Waals surface area contributed by atoms with Crippen molar-refractivity contribution in [1.29, 1.82) is 0 Å². The van der Waals surface area contributed by atoms with Crippen LogP contribution in [0.25, 0.3) is 11.4 Å². The average Bonchev–Trinajstić information content (AvgIpc) is 2.54. The van der Waals surface area contributed by atoms with E-state index in [9.17, 15) is 0 Å². The van der Waals surface area contributed by atoms with Gasteiger partial charge in [0.2, 0.25) is 11.8 Å². The number of amidine groups is 1. The third-order valence-corrected chi connectivity index (χ3v) is 2.91. The maximum absolute atomic E-state index is 5.59. The standard InChI is InChI=1S/C14H15ClN4O2/c1-20-12-7-13(21-2)19-14(18-12)9-3-5-10(6-4-9)17-11(16)8-15/h3-7H,8H2,1-2H3,(H2,16,17). The Kier molecular flexibility index (Phi) is 4.94. The Bertz CT molecular complexity index is 622. The maximum atomic E-state index is 5.59. The molecule has 0 amide bonds. The monoisotopic (exact) mass is 306 g/mol. The molecule has 0 spiro atoms. The smallest absolute Gasteiger partial charge is 0.220 e. The fraction of sp³-hybridized carbons (Fsp3) is 0.214. The first-order valence-corrected chi connectivity index (χ1v) is 6.66. The molecule has 0 atom stereocenters. The number of nitrogens with two attached hydrogens (primary N) is 1. The van der Waals surface area contributed by atoms with Crippen molar-refractivity contribution in [2.45, 2.75) is 0 Å². The lowest BCUT2D eigenvalue weighted by Crippen LogP contribution is -2.12. The summed E-state index contributed by atoms with van der Waals surface area (Å²) in [5.74, 6) is 1.93. The van der Waals surface area contributed by atoms with Gasteiger partial charge in [0, 0.05) is 5.56 Å². The predicted octanol–water partition coefficient (Wildman–Crippen LogP) is 2.39. The summed E-state index contributed by atoms with van der Waals surface area (Å²) in [5, 5.41) is 0. The van der Waals surface area contributed by atoms with Gasteiger partial charge in [0.05, 0.1) is 31.9 Å². The van der Waals surface area contributed by atoms with Crippen molar-refractivity contribution in [3.05, 3.63) is 30.3 Å². The molecule has 0 fully saturated rings. The Hall–Kier alpha value is -2.34. The molecule has 1 aromatic heterocycles. The van der Waals surface area contributed by atoms with Crippen LogP contribution in [-0.2, 0) is 0 Å². The molecule has 0 aliphatic rings. The summed E-state index contributed by atoms with van der Waals surface area (Å²) in [6.45, 7) is 0. The van der Waals surface area contributed by atoms with Crippen molar-refractivity contribution in [3.8, 4) is 23.1 Å². The highest BCUT2D eigenvalue weighted by atomic mass is 35.5. The van der Waals surface area contributed by atoms with Gasteiger partial charge in [0.15, 0.2) is 5.82 Å². The van der Waals surface area contributed by atoms with Crippen molar-refractivity contribution >= 4 is 23.1 Å². The molecule has 2 rings (SSSR count). The Morgan fingerprint density at radius 2 is 1.71 bits per heavy atom. The van der Waals surface area contributed by atoms with Gasteiger partial charge in [-0.2, -0.15) is 9.97 Å². The lowest BCUT2D eigenvalue weighted by atomic mass is 10.2. The number of nitrogens with zero attached hydrogens (tertiary/aromatic N) is 3. The van der Waals surface area contributed by atoms with E-state index in [0.717, 1.165) is 5.56 Å². The Balaban J connectivity index is 2.34. The first-order valence-electron chi connectivity index (χ1n) is 6.12. The number of halogens is 1. The topological polar surface area (TPSA) is 82.6 Å². The van der Waals surface area contributed by atoms with Crippen molar-refractivity contribution in [2.24, 2.45) is 10.7 Å². The Morgan fingerprint density at radius 3 is 2.19 bits per heavy atom. The molecule has 21 heavy (non-hydrogen) atoms. The van der Waals surface area contributed by atoms with Crippen LogP contribution >= 0.6 is 11.6 Å². The van der Waals surface area contributed by atoms with E-state index in [1.54, 1.807) is 6.07 Å². The van der Waals surface area contributed by atoms with Crippen LogP contribution in [0.1, 0.15) is 0 Å². The fourth-order valence-corrected chi connectivity index (χ4v) is 1.68. The molecule has 110 valence electrons. The van der Waals surface area contributed by atoms with E-state index in [-0.39, 0.29) is 5.88 Å². The van der Waals surface area contributed by atoms with Crippen molar-refractivity contribution < 1.29 is 9.47 Å². The highest BCUT2D eigenvalue weighted by molar-refractivity contribution is 6.28. The van der Waals surface area contributed by atoms with Gasteiger partial charge < -0.3 is 15.2 Å². The van der Waals surface area contributed by atoms with Crippen LogP contribution in [0.2, 0.25) is 0 Å². The summed E-state index contributed by atoms with van der Waals surface area (Å²) in [7, 11) is 3.08. The highest BCUT2D eigenvalue weighted by Gasteiger charge is 2.07. The van der Waals surface area contributed by atoms with Gasteiger partial charge in [-0.1, -0.05) is 0 Å². The summed E-state index contributed by atoms with van der Waals surface area (Å²) < 4.78 is 10.3. The molecule has 2 N–H and O–H groups in total. The summed E-state index contributed by atoms with van der Waals surface area (Å²) in [6, 6.07) is 8.92. The zero-order valence-corrected chi connectivity index (χ0v) is 12.5. The number of rotatable bonds is 5. The molecule has 0 saturated heterocycles. The van der Waals surface area contributed by atoms with E-state index in [1.165, 1.54) is 14.2 Å². The van der Waals surface area contributed by atoms with Gasteiger partial charge in [0.25, 0.3) is 0 Å². The fourth-order valence-electron chi connectivity index (χ4n) is 1.62. The largest absolute Gasteiger partial charge is 0.481 e. The first-order chi connectivity index (χ1) is 10.2.